The zero-order chi connectivity index (χ0) is 17.4. The largest absolute Gasteiger partial charge is 0.497 e. The molecule has 0 saturated carbocycles. The molecule has 1 unspecified atom stereocenters. The van der Waals surface area contributed by atoms with Crippen molar-refractivity contribution >= 4 is 16.9 Å². The maximum atomic E-state index is 11.4. The van der Waals surface area contributed by atoms with Gasteiger partial charge in [0.25, 0.3) is 0 Å². The summed E-state index contributed by atoms with van der Waals surface area (Å²) in [4.78, 5) is 13.5. The number of methoxy groups -OCH3 is 1. The molecule has 1 fully saturated rings. The zero-order valence-corrected chi connectivity index (χ0v) is 14.1. The second-order valence-electron chi connectivity index (χ2n) is 6.39. The van der Waals surface area contributed by atoms with Crippen LogP contribution in [0.1, 0.15) is 12.0 Å². The van der Waals surface area contributed by atoms with E-state index in [1.54, 1.807) is 7.11 Å². The molecule has 1 saturated heterocycles. The fourth-order valence-electron chi connectivity index (χ4n) is 3.28. The van der Waals surface area contributed by atoms with Gasteiger partial charge in [-0.2, -0.15) is 0 Å². The second-order valence-corrected chi connectivity index (χ2v) is 6.39. The van der Waals surface area contributed by atoms with Crippen molar-refractivity contribution in [3.8, 4) is 17.1 Å². The molecule has 1 aliphatic heterocycles. The Kier molecular flexibility index (Phi) is 3.93. The molecule has 0 aliphatic carbocycles. The Morgan fingerprint density at radius 1 is 1.24 bits per heavy atom. The molecule has 2 heterocycles. The third-order valence-electron chi connectivity index (χ3n) is 4.80. The van der Waals surface area contributed by atoms with Crippen molar-refractivity contribution in [2.24, 2.45) is 5.73 Å². The average Bonchev–Trinajstić information content (AvgIpc) is 3.01. The van der Waals surface area contributed by atoms with E-state index in [1.165, 1.54) is 0 Å². The summed E-state index contributed by atoms with van der Waals surface area (Å²) in [6.07, 6.45) is 0.852. The molecule has 0 radical (unpaired) electrons. The lowest BCUT2D eigenvalue weighted by atomic mass is 10.0. The van der Waals surface area contributed by atoms with Gasteiger partial charge in [0.1, 0.15) is 17.1 Å². The summed E-state index contributed by atoms with van der Waals surface area (Å²) in [7, 11) is 1.65. The molecule has 3 aromatic rings. The highest BCUT2D eigenvalue weighted by Gasteiger charge is 2.32. The van der Waals surface area contributed by atoms with Crippen LogP contribution in [0.3, 0.4) is 0 Å². The molecule has 1 atom stereocenters. The van der Waals surface area contributed by atoms with Crippen LogP contribution in [0.5, 0.6) is 5.75 Å². The molecule has 1 aromatic heterocycles. The third-order valence-corrected chi connectivity index (χ3v) is 4.80. The van der Waals surface area contributed by atoms with Gasteiger partial charge >= 0.3 is 0 Å². The van der Waals surface area contributed by atoms with Crippen LogP contribution in [0.25, 0.3) is 22.3 Å². The number of hydrogen-bond donors (Lipinski definition) is 1. The number of nitrogens with two attached hydrogens (primary N) is 1. The van der Waals surface area contributed by atoms with E-state index in [0.717, 1.165) is 53.1 Å². The number of nitrogens with zero attached hydrogens (tertiary/aromatic N) is 1. The maximum absolute atomic E-state index is 11.4. The van der Waals surface area contributed by atoms with Crippen LogP contribution in [-0.4, -0.2) is 30.5 Å². The van der Waals surface area contributed by atoms with Crippen molar-refractivity contribution in [2.45, 2.75) is 19.0 Å². The van der Waals surface area contributed by atoms with E-state index in [-0.39, 0.29) is 11.9 Å². The number of benzene rings is 2. The van der Waals surface area contributed by atoms with E-state index in [0.29, 0.717) is 0 Å². The summed E-state index contributed by atoms with van der Waals surface area (Å²) in [6, 6.07) is 15.9. The first-order valence-corrected chi connectivity index (χ1v) is 8.34. The quantitative estimate of drug-likeness (QED) is 0.777. The molecule has 4 rings (SSSR count). The first-order valence-electron chi connectivity index (χ1n) is 8.34. The summed E-state index contributed by atoms with van der Waals surface area (Å²) >= 11 is 0. The van der Waals surface area contributed by atoms with Gasteiger partial charge in [0.2, 0.25) is 5.91 Å². The molecule has 0 bridgehead atoms. The minimum Gasteiger partial charge on any atom is -0.497 e. The summed E-state index contributed by atoms with van der Waals surface area (Å²) in [6.45, 7) is 1.64. The topological polar surface area (TPSA) is 68.7 Å². The highest BCUT2D eigenvalue weighted by molar-refractivity contribution is 5.83. The van der Waals surface area contributed by atoms with Crippen LogP contribution < -0.4 is 10.5 Å². The summed E-state index contributed by atoms with van der Waals surface area (Å²) in [5.74, 6) is 1.41. The number of carbonyl (C=O) groups excluding carboxylic acids is 1. The molecule has 2 aromatic carbocycles. The van der Waals surface area contributed by atoms with Crippen LogP contribution >= 0.6 is 0 Å². The van der Waals surface area contributed by atoms with Gasteiger partial charge in [-0.3, -0.25) is 9.69 Å². The van der Waals surface area contributed by atoms with Gasteiger partial charge in [0, 0.05) is 24.0 Å². The lowest BCUT2D eigenvalue weighted by Gasteiger charge is -2.38. The Morgan fingerprint density at radius 3 is 2.68 bits per heavy atom. The number of furan rings is 1. The molecular formula is C20H20N2O3. The number of likely N-dealkylation sites (tertiary alicyclic amines) is 1. The molecule has 2 N–H and O–H groups in total. The van der Waals surface area contributed by atoms with E-state index in [2.05, 4.69) is 11.0 Å². The van der Waals surface area contributed by atoms with Gasteiger partial charge in [-0.05, 0) is 54.4 Å². The molecule has 1 aliphatic rings. The summed E-state index contributed by atoms with van der Waals surface area (Å²) in [5, 5.41) is 1.06. The Morgan fingerprint density at radius 2 is 2.04 bits per heavy atom. The van der Waals surface area contributed by atoms with Crippen molar-refractivity contribution in [3.63, 3.8) is 0 Å². The molecule has 25 heavy (non-hydrogen) atoms. The number of primary amides is 1. The second kappa shape index (κ2) is 6.26. The van der Waals surface area contributed by atoms with Gasteiger partial charge in [0.05, 0.1) is 13.2 Å². The third kappa shape index (κ3) is 2.98. The van der Waals surface area contributed by atoms with Gasteiger partial charge in [-0.25, -0.2) is 0 Å². The smallest absolute Gasteiger partial charge is 0.234 e. The Hall–Kier alpha value is -2.79. The van der Waals surface area contributed by atoms with Crippen LogP contribution in [0.15, 0.2) is 52.9 Å². The van der Waals surface area contributed by atoms with Gasteiger partial charge in [0.15, 0.2) is 0 Å². The minimum atomic E-state index is -0.238. The molecule has 5 nitrogen and oxygen atoms in total. The Labute approximate surface area is 146 Å². The number of amides is 1. The molecule has 0 spiro atoms. The maximum Gasteiger partial charge on any atom is 0.234 e. The van der Waals surface area contributed by atoms with E-state index in [9.17, 15) is 4.79 Å². The van der Waals surface area contributed by atoms with Crippen molar-refractivity contribution in [2.75, 3.05) is 13.7 Å². The number of fused-ring (bicyclic) bond motifs is 1. The number of hydrogen-bond acceptors (Lipinski definition) is 4. The lowest BCUT2D eigenvalue weighted by Crippen LogP contribution is -2.54. The normalized spacial score (nSPS) is 17.4. The highest BCUT2D eigenvalue weighted by atomic mass is 16.5. The van der Waals surface area contributed by atoms with Crippen molar-refractivity contribution < 1.29 is 13.9 Å². The lowest BCUT2D eigenvalue weighted by molar-refractivity contribution is -0.127. The van der Waals surface area contributed by atoms with Crippen molar-refractivity contribution in [1.29, 1.82) is 0 Å². The van der Waals surface area contributed by atoms with E-state index >= 15 is 0 Å². The van der Waals surface area contributed by atoms with E-state index < -0.39 is 0 Å². The average molecular weight is 336 g/mol. The number of rotatable bonds is 5. The molecule has 128 valence electrons. The van der Waals surface area contributed by atoms with Crippen LogP contribution in [0.4, 0.5) is 0 Å². The van der Waals surface area contributed by atoms with E-state index in [4.69, 9.17) is 14.9 Å². The number of carbonyl (C=O) groups is 1. The first kappa shape index (κ1) is 15.7. The molecule has 1 amide bonds. The fourth-order valence-corrected chi connectivity index (χ4v) is 3.28. The first-order chi connectivity index (χ1) is 12.1. The van der Waals surface area contributed by atoms with Crippen molar-refractivity contribution in [3.05, 3.63) is 54.1 Å². The predicted molar refractivity (Wildman–Crippen MR) is 96.2 cm³/mol. The van der Waals surface area contributed by atoms with Crippen LogP contribution in [-0.2, 0) is 11.3 Å². The van der Waals surface area contributed by atoms with Gasteiger partial charge in [-0.15, -0.1) is 0 Å². The Balaban J connectivity index is 1.57. The van der Waals surface area contributed by atoms with Crippen LogP contribution in [0, 0.1) is 0 Å². The highest BCUT2D eigenvalue weighted by Crippen LogP contribution is 2.30. The summed E-state index contributed by atoms with van der Waals surface area (Å²) in [5.41, 5.74) is 8.43. The number of ether oxygens (including phenoxy) is 1. The van der Waals surface area contributed by atoms with E-state index in [1.807, 2.05) is 42.5 Å². The predicted octanol–water partition coefficient (Wildman–Crippen LogP) is 3.17. The molecule has 5 heteroatoms. The Bertz CT molecular complexity index is 914. The molecular weight excluding hydrogens is 316 g/mol. The van der Waals surface area contributed by atoms with Gasteiger partial charge < -0.3 is 14.9 Å². The SMILES string of the molecule is COc1ccc(-c2cc3cc(CN4CCC4C(N)=O)ccc3o2)cc1. The van der Waals surface area contributed by atoms with Gasteiger partial charge in [-0.1, -0.05) is 6.07 Å². The minimum absolute atomic E-state index is 0.130. The van der Waals surface area contributed by atoms with Crippen LogP contribution in [0.2, 0.25) is 0 Å². The summed E-state index contributed by atoms with van der Waals surface area (Å²) < 4.78 is 11.1. The van der Waals surface area contributed by atoms with Crippen molar-refractivity contribution in [1.82, 2.24) is 4.90 Å². The standard InChI is InChI=1S/C20H20N2O3/c1-24-16-5-3-14(4-6-16)19-11-15-10-13(2-7-18(15)25-19)12-22-9-8-17(22)20(21)23/h2-7,10-11,17H,8-9,12H2,1H3,(H2,21,23). The zero-order valence-electron chi connectivity index (χ0n) is 14.1. The monoisotopic (exact) mass is 336 g/mol. The fraction of sp³-hybridized carbons (Fsp3) is 0.250.